The van der Waals surface area contributed by atoms with Gasteiger partial charge in [-0.25, -0.2) is 0 Å². The van der Waals surface area contributed by atoms with Crippen molar-refractivity contribution in [1.82, 2.24) is 4.90 Å². The number of nitrogens with two attached hydrogens (primary N) is 1. The third-order valence-corrected chi connectivity index (χ3v) is 2.39. The average Bonchev–Trinajstić information content (AvgIpc) is 2.08. The van der Waals surface area contributed by atoms with Gasteiger partial charge in [-0.3, -0.25) is 0 Å². The van der Waals surface area contributed by atoms with Gasteiger partial charge in [0.2, 0.25) is 0 Å². The van der Waals surface area contributed by atoms with E-state index in [0.717, 1.165) is 6.54 Å². The SMILES string of the molecule is CC1(C)CCCN1C(N)=S. The lowest BCUT2D eigenvalue weighted by molar-refractivity contribution is 0.284. The van der Waals surface area contributed by atoms with Crippen molar-refractivity contribution in [2.45, 2.75) is 32.2 Å². The normalized spacial score (nSPS) is 23.2. The molecule has 0 saturated carbocycles. The van der Waals surface area contributed by atoms with Gasteiger partial charge >= 0.3 is 0 Å². The molecule has 2 nitrogen and oxygen atoms in total. The highest BCUT2D eigenvalue weighted by atomic mass is 32.1. The smallest absolute Gasteiger partial charge is 0.166 e. The van der Waals surface area contributed by atoms with Crippen molar-refractivity contribution < 1.29 is 0 Å². The van der Waals surface area contributed by atoms with Crippen molar-refractivity contribution in [2.24, 2.45) is 5.73 Å². The van der Waals surface area contributed by atoms with Gasteiger partial charge in [0, 0.05) is 12.1 Å². The monoisotopic (exact) mass is 158 g/mol. The number of thiocarbonyl (C=S) groups is 1. The van der Waals surface area contributed by atoms with Crippen molar-refractivity contribution in [3.8, 4) is 0 Å². The van der Waals surface area contributed by atoms with E-state index >= 15 is 0 Å². The van der Waals surface area contributed by atoms with Gasteiger partial charge in [0.1, 0.15) is 0 Å². The molecular formula is C7H14N2S. The van der Waals surface area contributed by atoms with Crippen LogP contribution in [0.5, 0.6) is 0 Å². The summed E-state index contributed by atoms with van der Waals surface area (Å²) in [7, 11) is 0. The van der Waals surface area contributed by atoms with E-state index in [0.29, 0.717) is 5.11 Å². The van der Waals surface area contributed by atoms with Crippen molar-refractivity contribution in [3.63, 3.8) is 0 Å². The van der Waals surface area contributed by atoms with E-state index in [1.165, 1.54) is 12.8 Å². The van der Waals surface area contributed by atoms with Crippen LogP contribution in [0.4, 0.5) is 0 Å². The van der Waals surface area contributed by atoms with E-state index in [4.69, 9.17) is 18.0 Å². The number of nitrogens with zero attached hydrogens (tertiary/aromatic N) is 1. The second-order valence-electron chi connectivity index (χ2n) is 3.41. The molecule has 0 aromatic rings. The minimum Gasteiger partial charge on any atom is -0.376 e. The summed E-state index contributed by atoms with van der Waals surface area (Å²) in [5.74, 6) is 0. The highest BCUT2D eigenvalue weighted by Crippen LogP contribution is 2.27. The van der Waals surface area contributed by atoms with Crippen molar-refractivity contribution in [3.05, 3.63) is 0 Å². The zero-order chi connectivity index (χ0) is 7.78. The molecule has 2 N–H and O–H groups in total. The van der Waals surface area contributed by atoms with Gasteiger partial charge in [0.15, 0.2) is 5.11 Å². The van der Waals surface area contributed by atoms with Gasteiger partial charge in [-0.15, -0.1) is 0 Å². The van der Waals surface area contributed by atoms with Crippen LogP contribution < -0.4 is 5.73 Å². The molecule has 1 saturated heterocycles. The summed E-state index contributed by atoms with van der Waals surface area (Å²) in [6.07, 6.45) is 2.41. The third-order valence-electron chi connectivity index (χ3n) is 2.17. The standard InChI is InChI=1S/C7H14N2S/c1-7(2)4-3-5-9(7)6(8)10/h3-5H2,1-2H3,(H2,8,10). The van der Waals surface area contributed by atoms with Crippen LogP contribution in [0.1, 0.15) is 26.7 Å². The van der Waals surface area contributed by atoms with E-state index in [1.807, 2.05) is 0 Å². The molecule has 3 heteroatoms. The molecule has 0 aromatic heterocycles. The number of rotatable bonds is 0. The Morgan fingerprint density at radius 2 is 2.20 bits per heavy atom. The topological polar surface area (TPSA) is 29.3 Å². The Balaban J connectivity index is 2.68. The largest absolute Gasteiger partial charge is 0.376 e. The molecule has 0 radical (unpaired) electrons. The van der Waals surface area contributed by atoms with E-state index < -0.39 is 0 Å². The van der Waals surface area contributed by atoms with E-state index in [-0.39, 0.29) is 5.54 Å². The molecule has 0 bridgehead atoms. The Hall–Kier alpha value is -0.310. The molecule has 1 aliphatic rings. The zero-order valence-corrected chi connectivity index (χ0v) is 7.37. The summed E-state index contributed by atoms with van der Waals surface area (Å²) in [4.78, 5) is 2.10. The molecule has 0 spiro atoms. The van der Waals surface area contributed by atoms with Crippen LogP contribution in [-0.2, 0) is 0 Å². The molecule has 0 aromatic carbocycles. The van der Waals surface area contributed by atoms with Crippen LogP contribution in [0.2, 0.25) is 0 Å². The van der Waals surface area contributed by atoms with E-state index in [9.17, 15) is 0 Å². The van der Waals surface area contributed by atoms with Crippen LogP contribution in [0, 0.1) is 0 Å². The van der Waals surface area contributed by atoms with Gasteiger partial charge < -0.3 is 10.6 Å². The third kappa shape index (κ3) is 1.24. The first kappa shape index (κ1) is 7.79. The Bertz CT molecular complexity index is 154. The van der Waals surface area contributed by atoms with Crippen molar-refractivity contribution >= 4 is 17.3 Å². The van der Waals surface area contributed by atoms with Crippen LogP contribution >= 0.6 is 12.2 Å². The van der Waals surface area contributed by atoms with E-state index in [2.05, 4.69) is 18.7 Å². The molecular weight excluding hydrogens is 144 g/mol. The Morgan fingerprint density at radius 1 is 1.60 bits per heavy atom. The summed E-state index contributed by atoms with van der Waals surface area (Å²) >= 11 is 4.91. The molecule has 1 fully saturated rings. The average molecular weight is 158 g/mol. The van der Waals surface area contributed by atoms with Crippen molar-refractivity contribution in [1.29, 1.82) is 0 Å². The van der Waals surface area contributed by atoms with Crippen LogP contribution in [-0.4, -0.2) is 22.1 Å². The summed E-state index contributed by atoms with van der Waals surface area (Å²) in [6, 6.07) is 0. The van der Waals surface area contributed by atoms with Crippen LogP contribution in [0.15, 0.2) is 0 Å². The second-order valence-corrected chi connectivity index (χ2v) is 3.82. The molecule has 0 amide bonds. The van der Waals surface area contributed by atoms with Gasteiger partial charge in [0.05, 0.1) is 0 Å². The summed E-state index contributed by atoms with van der Waals surface area (Å²) in [6.45, 7) is 5.39. The first-order valence-corrected chi connectivity index (χ1v) is 4.02. The Morgan fingerprint density at radius 3 is 2.40 bits per heavy atom. The first-order chi connectivity index (χ1) is 4.54. The summed E-state index contributed by atoms with van der Waals surface area (Å²) in [5, 5.41) is 0.544. The minimum atomic E-state index is 0.200. The van der Waals surface area contributed by atoms with Crippen molar-refractivity contribution in [2.75, 3.05) is 6.54 Å². The maximum Gasteiger partial charge on any atom is 0.166 e. The fraction of sp³-hybridized carbons (Fsp3) is 0.857. The lowest BCUT2D eigenvalue weighted by Gasteiger charge is -2.31. The molecule has 1 rings (SSSR count). The Kier molecular flexibility index (Phi) is 1.86. The van der Waals surface area contributed by atoms with Gasteiger partial charge in [-0.2, -0.15) is 0 Å². The molecule has 0 aliphatic carbocycles. The quantitative estimate of drug-likeness (QED) is 0.535. The molecule has 1 aliphatic heterocycles. The molecule has 0 unspecified atom stereocenters. The molecule has 58 valence electrons. The lowest BCUT2D eigenvalue weighted by atomic mass is 10.0. The highest BCUT2D eigenvalue weighted by molar-refractivity contribution is 7.80. The van der Waals surface area contributed by atoms with Gasteiger partial charge in [-0.05, 0) is 38.9 Å². The van der Waals surface area contributed by atoms with E-state index in [1.54, 1.807) is 0 Å². The van der Waals surface area contributed by atoms with Gasteiger partial charge in [-0.1, -0.05) is 0 Å². The fourth-order valence-electron chi connectivity index (χ4n) is 1.52. The molecule has 1 heterocycles. The highest BCUT2D eigenvalue weighted by Gasteiger charge is 2.32. The number of hydrogen-bond acceptors (Lipinski definition) is 1. The summed E-state index contributed by atoms with van der Waals surface area (Å²) < 4.78 is 0. The van der Waals surface area contributed by atoms with Crippen LogP contribution in [0.3, 0.4) is 0 Å². The van der Waals surface area contributed by atoms with Gasteiger partial charge in [0.25, 0.3) is 0 Å². The maximum absolute atomic E-state index is 5.53. The lowest BCUT2D eigenvalue weighted by Crippen LogP contribution is -2.45. The fourth-order valence-corrected chi connectivity index (χ4v) is 1.85. The molecule has 10 heavy (non-hydrogen) atoms. The number of likely N-dealkylation sites (tertiary alicyclic amines) is 1. The van der Waals surface area contributed by atoms with Crippen LogP contribution in [0.25, 0.3) is 0 Å². The predicted molar refractivity (Wildman–Crippen MR) is 46.8 cm³/mol. The summed E-state index contributed by atoms with van der Waals surface area (Å²) in [5.41, 5.74) is 5.73. The zero-order valence-electron chi connectivity index (χ0n) is 6.55. The Labute approximate surface area is 67.4 Å². The minimum absolute atomic E-state index is 0.200. The number of hydrogen-bond donors (Lipinski definition) is 1. The molecule has 0 atom stereocenters. The predicted octanol–water partition coefficient (Wildman–Crippen LogP) is 1.10. The second kappa shape index (κ2) is 2.38. The maximum atomic E-state index is 5.53. The first-order valence-electron chi connectivity index (χ1n) is 3.61.